The van der Waals surface area contributed by atoms with E-state index in [1.807, 2.05) is 17.5 Å². The predicted octanol–water partition coefficient (Wildman–Crippen LogP) is 1.71. The first-order valence-electron chi connectivity index (χ1n) is 5.75. The average Bonchev–Trinajstić information content (AvgIpc) is 2.74. The van der Waals surface area contributed by atoms with Gasteiger partial charge in [-0.15, -0.1) is 11.3 Å². The molecular formula is C12H17NO2S. The minimum Gasteiger partial charge on any atom is -0.391 e. The van der Waals surface area contributed by atoms with Gasteiger partial charge in [0, 0.05) is 4.88 Å². The van der Waals surface area contributed by atoms with E-state index < -0.39 is 0 Å². The Bertz CT molecular complexity index is 337. The van der Waals surface area contributed by atoms with Crippen LogP contribution in [-0.4, -0.2) is 23.2 Å². The Hall–Kier alpha value is -0.870. The summed E-state index contributed by atoms with van der Waals surface area (Å²) in [5.74, 6) is 0.0217. The van der Waals surface area contributed by atoms with Gasteiger partial charge in [0.15, 0.2) is 0 Å². The molecule has 0 saturated heterocycles. The lowest BCUT2D eigenvalue weighted by atomic mass is 9.92. The molecule has 0 aliphatic heterocycles. The lowest BCUT2D eigenvalue weighted by Crippen LogP contribution is -2.45. The molecule has 4 heteroatoms. The van der Waals surface area contributed by atoms with Crippen LogP contribution in [0.15, 0.2) is 17.5 Å². The number of rotatable bonds is 3. The molecule has 0 unspecified atom stereocenters. The summed E-state index contributed by atoms with van der Waals surface area (Å²) in [5, 5.41) is 14.6. The third-order valence-corrected chi connectivity index (χ3v) is 3.87. The largest absolute Gasteiger partial charge is 0.391 e. The quantitative estimate of drug-likeness (QED) is 0.843. The second-order valence-corrected chi connectivity index (χ2v) is 5.31. The van der Waals surface area contributed by atoms with Gasteiger partial charge in [-0.1, -0.05) is 18.9 Å². The van der Waals surface area contributed by atoms with E-state index in [1.54, 1.807) is 11.3 Å². The molecule has 0 radical (unpaired) electrons. The summed E-state index contributed by atoms with van der Waals surface area (Å²) in [6.07, 6.45) is 3.95. The topological polar surface area (TPSA) is 49.3 Å². The standard InChI is InChI=1S/C12H17NO2S/c14-11-6-2-1-5-10(11)13-12(15)8-9-4-3-7-16-9/h3-4,7,10-11,14H,1-2,5-6,8H2,(H,13,15)/t10-,11-/m1/s1. The molecule has 1 aliphatic rings. The van der Waals surface area contributed by atoms with E-state index in [0.717, 1.165) is 30.6 Å². The van der Waals surface area contributed by atoms with Crippen LogP contribution < -0.4 is 5.32 Å². The van der Waals surface area contributed by atoms with Crippen molar-refractivity contribution in [2.45, 2.75) is 44.2 Å². The number of hydrogen-bond acceptors (Lipinski definition) is 3. The first-order valence-corrected chi connectivity index (χ1v) is 6.63. The molecule has 1 amide bonds. The van der Waals surface area contributed by atoms with E-state index in [-0.39, 0.29) is 18.1 Å². The molecule has 1 fully saturated rings. The van der Waals surface area contributed by atoms with Crippen molar-refractivity contribution in [1.82, 2.24) is 5.32 Å². The monoisotopic (exact) mass is 239 g/mol. The second-order valence-electron chi connectivity index (χ2n) is 4.28. The number of amides is 1. The van der Waals surface area contributed by atoms with Gasteiger partial charge < -0.3 is 10.4 Å². The van der Waals surface area contributed by atoms with Crippen LogP contribution in [0.2, 0.25) is 0 Å². The fourth-order valence-electron chi connectivity index (χ4n) is 2.11. The molecule has 1 saturated carbocycles. The van der Waals surface area contributed by atoms with Gasteiger partial charge in [0.05, 0.1) is 18.6 Å². The van der Waals surface area contributed by atoms with Gasteiger partial charge >= 0.3 is 0 Å². The molecule has 1 aliphatic carbocycles. The van der Waals surface area contributed by atoms with Crippen molar-refractivity contribution in [3.63, 3.8) is 0 Å². The van der Waals surface area contributed by atoms with Crippen LogP contribution >= 0.6 is 11.3 Å². The van der Waals surface area contributed by atoms with Crippen molar-refractivity contribution in [2.75, 3.05) is 0 Å². The average molecular weight is 239 g/mol. The Labute approximate surface area is 99.5 Å². The van der Waals surface area contributed by atoms with Crippen LogP contribution in [0.25, 0.3) is 0 Å². The highest BCUT2D eigenvalue weighted by molar-refractivity contribution is 7.10. The highest BCUT2D eigenvalue weighted by Crippen LogP contribution is 2.18. The highest BCUT2D eigenvalue weighted by Gasteiger charge is 2.24. The molecule has 2 rings (SSSR count). The zero-order chi connectivity index (χ0) is 11.4. The zero-order valence-electron chi connectivity index (χ0n) is 9.19. The molecule has 1 heterocycles. The SMILES string of the molecule is O=C(Cc1cccs1)N[C@@H]1CCCC[C@H]1O. The predicted molar refractivity (Wildman–Crippen MR) is 64.4 cm³/mol. The molecule has 0 spiro atoms. The number of hydrogen-bond donors (Lipinski definition) is 2. The van der Waals surface area contributed by atoms with Crippen molar-refractivity contribution in [3.8, 4) is 0 Å². The van der Waals surface area contributed by atoms with Gasteiger partial charge in [-0.25, -0.2) is 0 Å². The number of carbonyl (C=O) groups is 1. The summed E-state index contributed by atoms with van der Waals surface area (Å²) < 4.78 is 0. The summed E-state index contributed by atoms with van der Waals surface area (Å²) in [6.45, 7) is 0. The Morgan fingerprint density at radius 2 is 2.31 bits per heavy atom. The van der Waals surface area contributed by atoms with Crippen LogP contribution in [0.1, 0.15) is 30.6 Å². The van der Waals surface area contributed by atoms with Crippen LogP contribution in [0, 0.1) is 0 Å². The number of aliphatic hydroxyl groups is 1. The Balaban J connectivity index is 1.82. The van der Waals surface area contributed by atoms with Crippen LogP contribution in [0.5, 0.6) is 0 Å². The van der Waals surface area contributed by atoms with Gasteiger partial charge in [0.2, 0.25) is 5.91 Å². The molecule has 3 nitrogen and oxygen atoms in total. The Morgan fingerprint density at radius 1 is 1.50 bits per heavy atom. The molecule has 88 valence electrons. The summed E-state index contributed by atoms with van der Waals surface area (Å²) >= 11 is 1.59. The van der Waals surface area contributed by atoms with Crippen LogP contribution in [0.3, 0.4) is 0 Å². The third kappa shape index (κ3) is 3.06. The number of aliphatic hydroxyl groups excluding tert-OH is 1. The van der Waals surface area contributed by atoms with Crippen molar-refractivity contribution in [2.24, 2.45) is 0 Å². The number of carbonyl (C=O) groups excluding carboxylic acids is 1. The fourth-order valence-corrected chi connectivity index (χ4v) is 2.81. The lowest BCUT2D eigenvalue weighted by Gasteiger charge is -2.28. The summed E-state index contributed by atoms with van der Waals surface area (Å²) in [7, 11) is 0. The minimum atomic E-state index is -0.360. The van der Waals surface area contributed by atoms with Crippen LogP contribution in [0.4, 0.5) is 0 Å². The van der Waals surface area contributed by atoms with Crippen molar-refractivity contribution in [1.29, 1.82) is 0 Å². The molecule has 2 atom stereocenters. The summed E-state index contributed by atoms with van der Waals surface area (Å²) in [4.78, 5) is 12.8. The van der Waals surface area contributed by atoms with Gasteiger partial charge in [0.1, 0.15) is 0 Å². The highest BCUT2D eigenvalue weighted by atomic mass is 32.1. The van der Waals surface area contributed by atoms with E-state index in [2.05, 4.69) is 5.32 Å². The van der Waals surface area contributed by atoms with Crippen molar-refractivity contribution < 1.29 is 9.90 Å². The molecule has 16 heavy (non-hydrogen) atoms. The molecule has 1 aromatic heterocycles. The third-order valence-electron chi connectivity index (χ3n) is 2.99. The smallest absolute Gasteiger partial charge is 0.225 e. The molecule has 2 N–H and O–H groups in total. The van der Waals surface area contributed by atoms with Gasteiger partial charge in [-0.2, -0.15) is 0 Å². The van der Waals surface area contributed by atoms with E-state index in [9.17, 15) is 9.90 Å². The summed E-state index contributed by atoms with van der Waals surface area (Å²) in [5.41, 5.74) is 0. The van der Waals surface area contributed by atoms with E-state index in [4.69, 9.17) is 0 Å². The fraction of sp³-hybridized carbons (Fsp3) is 0.583. The molecule has 0 aromatic carbocycles. The first-order chi connectivity index (χ1) is 7.75. The minimum absolute atomic E-state index is 0.0217. The van der Waals surface area contributed by atoms with Crippen LogP contribution in [-0.2, 0) is 11.2 Å². The molecule has 0 bridgehead atoms. The maximum Gasteiger partial charge on any atom is 0.225 e. The van der Waals surface area contributed by atoms with Crippen molar-refractivity contribution in [3.05, 3.63) is 22.4 Å². The maximum atomic E-state index is 11.7. The Morgan fingerprint density at radius 3 is 3.00 bits per heavy atom. The summed E-state index contributed by atoms with van der Waals surface area (Å²) in [6, 6.07) is 3.87. The van der Waals surface area contributed by atoms with Gasteiger partial charge in [-0.3, -0.25) is 4.79 Å². The number of nitrogens with one attached hydrogen (secondary N) is 1. The van der Waals surface area contributed by atoms with E-state index >= 15 is 0 Å². The Kier molecular flexibility index (Phi) is 3.96. The number of thiophene rings is 1. The van der Waals surface area contributed by atoms with E-state index in [0.29, 0.717) is 6.42 Å². The molecule has 1 aromatic rings. The van der Waals surface area contributed by atoms with Crippen molar-refractivity contribution >= 4 is 17.2 Å². The van der Waals surface area contributed by atoms with Gasteiger partial charge in [-0.05, 0) is 24.3 Å². The molecular weight excluding hydrogens is 222 g/mol. The van der Waals surface area contributed by atoms with E-state index in [1.165, 1.54) is 0 Å². The second kappa shape index (κ2) is 5.46. The lowest BCUT2D eigenvalue weighted by molar-refractivity contribution is -0.122. The van der Waals surface area contributed by atoms with Gasteiger partial charge in [0.25, 0.3) is 0 Å². The first kappa shape index (κ1) is 11.6. The zero-order valence-corrected chi connectivity index (χ0v) is 10.0. The normalized spacial score (nSPS) is 25.3. The maximum absolute atomic E-state index is 11.7.